The highest BCUT2D eigenvalue weighted by Crippen LogP contribution is 2.15. The van der Waals surface area contributed by atoms with Crippen LogP contribution in [0.15, 0.2) is 24.3 Å². The number of hydrogen-bond acceptors (Lipinski definition) is 1. The van der Waals surface area contributed by atoms with Gasteiger partial charge in [-0.05, 0) is 19.1 Å². The molecule has 66 valence electrons. The number of halogens is 2. The third-order valence-electron chi connectivity index (χ3n) is 1.31. The molecular weight excluding hydrogens is 179 g/mol. The molecule has 1 nitrogen and oxygen atoms in total. The van der Waals surface area contributed by atoms with Crippen LogP contribution in [0.2, 0.25) is 0 Å². The first-order chi connectivity index (χ1) is 5.70. The van der Waals surface area contributed by atoms with Crippen molar-refractivity contribution < 1.29 is 9.13 Å². The highest BCUT2D eigenvalue weighted by atomic mass is 35.5. The van der Waals surface area contributed by atoms with Crippen LogP contribution in [0.4, 0.5) is 4.39 Å². The summed E-state index contributed by atoms with van der Waals surface area (Å²) >= 11 is 5.63. The summed E-state index contributed by atoms with van der Waals surface area (Å²) in [5.74, 6) is -0.0974. The maximum atomic E-state index is 12.9. The lowest BCUT2D eigenvalue weighted by atomic mass is 10.3. The van der Waals surface area contributed by atoms with Crippen LogP contribution in [0.3, 0.4) is 0 Å². The molecule has 1 aromatic carbocycles. The van der Waals surface area contributed by atoms with E-state index in [0.717, 1.165) is 0 Å². The zero-order chi connectivity index (χ0) is 8.97. The second-order valence-corrected chi connectivity index (χ2v) is 3.27. The fourth-order valence-corrected chi connectivity index (χ4v) is 0.829. The SMILES string of the molecule is CC(Cl)COc1ccccc1F. The van der Waals surface area contributed by atoms with E-state index in [1.165, 1.54) is 6.07 Å². The lowest BCUT2D eigenvalue weighted by Crippen LogP contribution is -2.07. The minimum Gasteiger partial charge on any atom is -0.489 e. The highest BCUT2D eigenvalue weighted by molar-refractivity contribution is 6.20. The third-order valence-corrected chi connectivity index (χ3v) is 1.43. The molecule has 0 radical (unpaired) electrons. The predicted molar refractivity (Wildman–Crippen MR) is 47.2 cm³/mol. The quantitative estimate of drug-likeness (QED) is 0.663. The number of alkyl halides is 1. The van der Waals surface area contributed by atoms with E-state index in [9.17, 15) is 4.39 Å². The molecule has 0 aliphatic carbocycles. The molecule has 1 rings (SSSR count). The number of ether oxygens (including phenoxy) is 1. The molecule has 0 aliphatic rings. The molecule has 0 amide bonds. The van der Waals surface area contributed by atoms with E-state index in [2.05, 4.69) is 0 Å². The van der Waals surface area contributed by atoms with Crippen molar-refractivity contribution in [2.45, 2.75) is 12.3 Å². The highest BCUT2D eigenvalue weighted by Gasteiger charge is 2.02. The lowest BCUT2D eigenvalue weighted by molar-refractivity contribution is 0.304. The van der Waals surface area contributed by atoms with Gasteiger partial charge in [-0.1, -0.05) is 12.1 Å². The van der Waals surface area contributed by atoms with Crippen LogP contribution in [-0.4, -0.2) is 12.0 Å². The summed E-state index contributed by atoms with van der Waals surface area (Å²) in [5.41, 5.74) is 0. The van der Waals surface area contributed by atoms with Gasteiger partial charge in [0, 0.05) is 0 Å². The molecule has 0 fully saturated rings. The van der Waals surface area contributed by atoms with Crippen molar-refractivity contribution >= 4 is 11.6 Å². The molecule has 0 aromatic heterocycles. The number of para-hydroxylation sites is 1. The van der Waals surface area contributed by atoms with E-state index < -0.39 is 0 Å². The number of hydrogen-bond donors (Lipinski definition) is 0. The van der Waals surface area contributed by atoms with E-state index in [1.54, 1.807) is 25.1 Å². The Balaban J connectivity index is 2.57. The normalized spacial score (nSPS) is 12.6. The second kappa shape index (κ2) is 4.31. The molecule has 0 aliphatic heterocycles. The fraction of sp³-hybridized carbons (Fsp3) is 0.333. The van der Waals surface area contributed by atoms with Crippen LogP contribution in [0.5, 0.6) is 5.75 Å². The summed E-state index contributed by atoms with van der Waals surface area (Å²) in [6.07, 6.45) is 0. The van der Waals surface area contributed by atoms with E-state index in [4.69, 9.17) is 16.3 Å². The van der Waals surface area contributed by atoms with Gasteiger partial charge in [-0.3, -0.25) is 0 Å². The van der Waals surface area contributed by atoms with Gasteiger partial charge >= 0.3 is 0 Å². The largest absolute Gasteiger partial charge is 0.489 e. The van der Waals surface area contributed by atoms with Crippen molar-refractivity contribution in [2.24, 2.45) is 0 Å². The monoisotopic (exact) mass is 188 g/mol. The second-order valence-electron chi connectivity index (χ2n) is 2.52. The van der Waals surface area contributed by atoms with Gasteiger partial charge in [-0.2, -0.15) is 0 Å². The first-order valence-electron chi connectivity index (χ1n) is 3.71. The van der Waals surface area contributed by atoms with Gasteiger partial charge in [0.15, 0.2) is 11.6 Å². The van der Waals surface area contributed by atoms with Gasteiger partial charge < -0.3 is 4.74 Å². The fourth-order valence-electron chi connectivity index (χ4n) is 0.766. The first kappa shape index (κ1) is 9.33. The lowest BCUT2D eigenvalue weighted by Gasteiger charge is -2.07. The van der Waals surface area contributed by atoms with Crippen LogP contribution in [0.25, 0.3) is 0 Å². The molecule has 0 bridgehead atoms. The van der Waals surface area contributed by atoms with Crippen LogP contribution in [-0.2, 0) is 0 Å². The van der Waals surface area contributed by atoms with Crippen molar-refractivity contribution in [1.82, 2.24) is 0 Å². The van der Waals surface area contributed by atoms with Crippen molar-refractivity contribution in [3.63, 3.8) is 0 Å². The standard InChI is InChI=1S/C9H10ClFO/c1-7(10)6-12-9-5-3-2-4-8(9)11/h2-5,7H,6H2,1H3. The first-order valence-corrected chi connectivity index (χ1v) is 4.15. The molecular formula is C9H10ClFO. The Bertz CT molecular complexity index is 250. The Hall–Kier alpha value is -0.760. The van der Waals surface area contributed by atoms with Gasteiger partial charge in [0.2, 0.25) is 0 Å². The summed E-state index contributed by atoms with van der Waals surface area (Å²) < 4.78 is 18.0. The minimum absolute atomic E-state index is 0.107. The Morgan fingerprint density at radius 1 is 1.50 bits per heavy atom. The predicted octanol–water partition coefficient (Wildman–Crippen LogP) is 2.83. The summed E-state index contributed by atoms with van der Waals surface area (Å²) in [6, 6.07) is 6.27. The summed E-state index contributed by atoms with van der Waals surface area (Å²) in [7, 11) is 0. The topological polar surface area (TPSA) is 9.23 Å². The Kier molecular flexibility index (Phi) is 3.35. The Morgan fingerprint density at radius 3 is 2.75 bits per heavy atom. The molecule has 0 saturated carbocycles. The average molecular weight is 189 g/mol. The van der Waals surface area contributed by atoms with E-state index in [-0.39, 0.29) is 16.9 Å². The molecule has 3 heteroatoms. The number of rotatable bonds is 3. The van der Waals surface area contributed by atoms with E-state index in [0.29, 0.717) is 6.61 Å². The molecule has 0 spiro atoms. The van der Waals surface area contributed by atoms with Crippen LogP contribution < -0.4 is 4.74 Å². The van der Waals surface area contributed by atoms with Crippen molar-refractivity contribution in [2.75, 3.05) is 6.61 Å². The van der Waals surface area contributed by atoms with E-state index in [1.807, 2.05) is 0 Å². The van der Waals surface area contributed by atoms with Crippen LogP contribution in [0, 0.1) is 5.82 Å². The number of benzene rings is 1. The molecule has 0 saturated heterocycles. The minimum atomic E-state index is -0.352. The molecule has 0 heterocycles. The molecule has 1 atom stereocenters. The van der Waals surface area contributed by atoms with Gasteiger partial charge in [0.25, 0.3) is 0 Å². The maximum Gasteiger partial charge on any atom is 0.165 e. The van der Waals surface area contributed by atoms with Crippen LogP contribution >= 0.6 is 11.6 Å². The van der Waals surface area contributed by atoms with E-state index >= 15 is 0 Å². The average Bonchev–Trinajstić information content (AvgIpc) is 2.03. The summed E-state index contributed by atoms with van der Waals surface area (Å²) in [4.78, 5) is 0. The van der Waals surface area contributed by atoms with Gasteiger partial charge in [-0.25, -0.2) is 4.39 Å². The molecule has 12 heavy (non-hydrogen) atoms. The zero-order valence-corrected chi connectivity index (χ0v) is 7.51. The Labute approximate surface area is 76.1 Å². The molecule has 1 unspecified atom stereocenters. The zero-order valence-electron chi connectivity index (χ0n) is 6.76. The van der Waals surface area contributed by atoms with Gasteiger partial charge in [0.05, 0.1) is 5.38 Å². The summed E-state index contributed by atoms with van der Waals surface area (Å²) in [5, 5.41) is -0.107. The molecule has 0 N–H and O–H groups in total. The smallest absolute Gasteiger partial charge is 0.165 e. The Morgan fingerprint density at radius 2 is 2.17 bits per heavy atom. The van der Waals surface area contributed by atoms with Crippen LogP contribution in [0.1, 0.15) is 6.92 Å². The summed E-state index contributed by atoms with van der Waals surface area (Å²) in [6.45, 7) is 2.12. The van der Waals surface area contributed by atoms with Crippen molar-refractivity contribution in [1.29, 1.82) is 0 Å². The third kappa shape index (κ3) is 2.70. The maximum absolute atomic E-state index is 12.9. The van der Waals surface area contributed by atoms with Crippen molar-refractivity contribution in [3.05, 3.63) is 30.1 Å². The molecule has 1 aromatic rings. The van der Waals surface area contributed by atoms with Gasteiger partial charge in [0.1, 0.15) is 6.61 Å². The van der Waals surface area contributed by atoms with Crippen molar-refractivity contribution in [3.8, 4) is 5.75 Å². The van der Waals surface area contributed by atoms with Gasteiger partial charge in [-0.15, -0.1) is 11.6 Å².